The molecule has 0 bridgehead atoms. The third-order valence-corrected chi connectivity index (χ3v) is 5.05. The molecule has 0 saturated carbocycles. The summed E-state index contributed by atoms with van der Waals surface area (Å²) in [5.41, 5.74) is 2.10. The Bertz CT molecular complexity index is 1140. The molecular formula is C22H19F2N3O2. The number of aromatic nitrogens is 1. The van der Waals surface area contributed by atoms with Crippen molar-refractivity contribution in [1.29, 1.82) is 0 Å². The number of Topliss-reactive ketones (excluding diaryl/α,β-unsaturated/α-hetero) is 1. The van der Waals surface area contributed by atoms with Crippen molar-refractivity contribution >= 4 is 34.0 Å². The molecule has 2 heterocycles. The lowest BCUT2D eigenvalue weighted by molar-refractivity contribution is -0.128. The number of carbonyl (C=O) groups is 2. The molecule has 1 aliphatic heterocycles. The van der Waals surface area contributed by atoms with E-state index in [1.165, 1.54) is 23.2 Å². The number of halogens is 2. The van der Waals surface area contributed by atoms with Crippen LogP contribution >= 0.6 is 0 Å². The smallest absolute Gasteiger partial charge is 0.270 e. The van der Waals surface area contributed by atoms with E-state index in [-0.39, 0.29) is 17.8 Å². The van der Waals surface area contributed by atoms with Crippen LogP contribution in [0.3, 0.4) is 0 Å². The van der Waals surface area contributed by atoms with Gasteiger partial charge in [-0.05, 0) is 42.1 Å². The molecule has 1 atom stereocenters. The average molecular weight is 395 g/mol. The minimum atomic E-state index is -2.99. The highest BCUT2D eigenvalue weighted by molar-refractivity contribution is 6.27. The number of rotatable bonds is 5. The molecule has 0 radical (unpaired) electrons. The van der Waals surface area contributed by atoms with Crippen molar-refractivity contribution in [1.82, 2.24) is 4.98 Å². The average Bonchev–Trinajstić information content (AvgIpc) is 3.24. The van der Waals surface area contributed by atoms with Gasteiger partial charge in [-0.25, -0.2) is 8.78 Å². The van der Waals surface area contributed by atoms with E-state index in [1.807, 2.05) is 12.1 Å². The van der Waals surface area contributed by atoms with Crippen LogP contribution in [0.2, 0.25) is 0 Å². The Balaban J connectivity index is 1.55. The van der Waals surface area contributed by atoms with Gasteiger partial charge in [-0.1, -0.05) is 24.3 Å². The molecule has 0 fully saturated rings. The molecular weight excluding hydrogens is 376 g/mol. The van der Waals surface area contributed by atoms with Gasteiger partial charge in [-0.3, -0.25) is 9.59 Å². The maximum absolute atomic E-state index is 13.6. The third-order valence-electron chi connectivity index (χ3n) is 5.05. The molecule has 0 spiro atoms. The Morgan fingerprint density at radius 3 is 2.76 bits per heavy atom. The summed E-state index contributed by atoms with van der Waals surface area (Å²) in [4.78, 5) is 28.8. The minimum Gasteiger partial charge on any atom is -0.361 e. The predicted octanol–water partition coefficient (Wildman–Crippen LogP) is 4.43. The summed E-state index contributed by atoms with van der Waals surface area (Å²) in [6.07, 6.45) is 1.69. The molecule has 1 aromatic heterocycles. The van der Waals surface area contributed by atoms with Crippen molar-refractivity contribution in [2.75, 3.05) is 5.01 Å². The molecule has 29 heavy (non-hydrogen) atoms. The van der Waals surface area contributed by atoms with Crippen molar-refractivity contribution < 1.29 is 18.4 Å². The minimum absolute atomic E-state index is 0.114. The number of hydrogen-bond acceptors (Lipinski definition) is 3. The van der Waals surface area contributed by atoms with Crippen LogP contribution in [0, 0.1) is 5.92 Å². The summed E-state index contributed by atoms with van der Waals surface area (Å²) in [5, 5.41) is 6.51. The van der Waals surface area contributed by atoms with Crippen molar-refractivity contribution in [3.05, 3.63) is 65.9 Å². The number of nitrogens with zero attached hydrogens (tertiary/aromatic N) is 2. The molecule has 4 rings (SSSR count). The second-order valence-corrected chi connectivity index (χ2v) is 7.31. The molecule has 3 aromatic rings. The fraction of sp³-hybridized carbons (Fsp3) is 0.227. The number of nitrogens with one attached hydrogen (secondary N) is 1. The van der Waals surface area contributed by atoms with Gasteiger partial charge in [-0.15, -0.1) is 0 Å². The van der Waals surface area contributed by atoms with Crippen LogP contribution in [0.1, 0.15) is 25.0 Å². The first-order valence-electron chi connectivity index (χ1n) is 9.20. The molecule has 0 saturated heterocycles. The van der Waals surface area contributed by atoms with Gasteiger partial charge in [0.1, 0.15) is 5.92 Å². The lowest BCUT2D eigenvalue weighted by Gasteiger charge is -2.15. The van der Waals surface area contributed by atoms with Crippen molar-refractivity contribution in [3.8, 4) is 0 Å². The monoisotopic (exact) mass is 395 g/mol. The van der Waals surface area contributed by atoms with Gasteiger partial charge in [0.25, 0.3) is 11.8 Å². The van der Waals surface area contributed by atoms with Crippen LogP contribution in [-0.2, 0) is 21.9 Å². The highest BCUT2D eigenvalue weighted by atomic mass is 19.3. The lowest BCUT2D eigenvalue weighted by atomic mass is 9.93. The number of benzene rings is 2. The Hall–Kier alpha value is -3.35. The van der Waals surface area contributed by atoms with E-state index in [2.05, 4.69) is 10.1 Å². The number of ketones is 1. The number of hydrogen-bond donors (Lipinski definition) is 1. The maximum atomic E-state index is 13.6. The fourth-order valence-corrected chi connectivity index (χ4v) is 3.55. The Morgan fingerprint density at radius 2 is 2.00 bits per heavy atom. The van der Waals surface area contributed by atoms with Crippen molar-refractivity contribution in [2.24, 2.45) is 11.0 Å². The van der Waals surface area contributed by atoms with Crippen molar-refractivity contribution in [2.45, 2.75) is 26.2 Å². The summed E-state index contributed by atoms with van der Waals surface area (Å²) < 4.78 is 27.1. The number of fused-ring (bicyclic) bond motifs is 1. The van der Waals surface area contributed by atoms with Crippen LogP contribution in [0.25, 0.3) is 10.9 Å². The molecule has 5 nitrogen and oxygen atoms in total. The van der Waals surface area contributed by atoms with E-state index in [0.29, 0.717) is 17.0 Å². The van der Waals surface area contributed by atoms with Crippen LogP contribution in [0.15, 0.2) is 59.8 Å². The van der Waals surface area contributed by atoms with Crippen LogP contribution < -0.4 is 5.01 Å². The van der Waals surface area contributed by atoms with Crippen LogP contribution in [0.4, 0.5) is 14.5 Å². The molecule has 1 unspecified atom stereocenters. The summed E-state index contributed by atoms with van der Waals surface area (Å²) in [5.74, 6) is -4.81. The molecule has 1 aliphatic rings. The standard InChI is InChI=1S/C22H19F2N3O2/c1-13-20(19(28)11-14-4-3-5-16(10-14)22(2,23)24)21(29)27(26-13)17-7-6-15-8-9-25-18(15)12-17/h3-10,12,20,25H,11H2,1-2H3. The van der Waals surface area contributed by atoms with Crippen LogP contribution in [-0.4, -0.2) is 22.4 Å². The second kappa shape index (κ2) is 6.92. The number of carbonyl (C=O) groups excluding carboxylic acids is 2. The number of H-pyrrole nitrogens is 1. The highest BCUT2D eigenvalue weighted by Crippen LogP contribution is 2.30. The first kappa shape index (κ1) is 19.0. The van der Waals surface area contributed by atoms with E-state index >= 15 is 0 Å². The first-order chi connectivity index (χ1) is 13.7. The van der Waals surface area contributed by atoms with Gasteiger partial charge in [0, 0.05) is 30.6 Å². The van der Waals surface area contributed by atoms with E-state index in [9.17, 15) is 18.4 Å². The number of amides is 1. The molecule has 1 N–H and O–H groups in total. The number of alkyl halides is 2. The van der Waals surface area contributed by atoms with Crippen LogP contribution in [0.5, 0.6) is 0 Å². The largest absolute Gasteiger partial charge is 0.361 e. The Labute approximate surface area is 166 Å². The Morgan fingerprint density at radius 1 is 1.21 bits per heavy atom. The van der Waals surface area contributed by atoms with Crippen molar-refractivity contribution in [3.63, 3.8) is 0 Å². The summed E-state index contributed by atoms with van der Waals surface area (Å²) in [6.45, 7) is 2.44. The molecule has 2 aromatic carbocycles. The van der Waals surface area contributed by atoms with E-state index in [1.54, 1.807) is 31.3 Å². The number of anilines is 1. The normalized spacial score (nSPS) is 17.1. The van der Waals surface area contributed by atoms with Gasteiger partial charge in [0.15, 0.2) is 5.78 Å². The molecule has 7 heteroatoms. The fourth-order valence-electron chi connectivity index (χ4n) is 3.55. The highest BCUT2D eigenvalue weighted by Gasteiger charge is 2.39. The third kappa shape index (κ3) is 3.55. The van der Waals surface area contributed by atoms with Gasteiger partial charge in [0.2, 0.25) is 0 Å². The molecule has 148 valence electrons. The zero-order valence-corrected chi connectivity index (χ0v) is 15.9. The van der Waals surface area contributed by atoms with Gasteiger partial charge >= 0.3 is 0 Å². The maximum Gasteiger partial charge on any atom is 0.270 e. The second-order valence-electron chi connectivity index (χ2n) is 7.31. The van der Waals surface area contributed by atoms with E-state index in [4.69, 9.17) is 0 Å². The zero-order valence-electron chi connectivity index (χ0n) is 15.9. The quantitative estimate of drug-likeness (QED) is 0.650. The van der Waals surface area contributed by atoms with E-state index < -0.39 is 17.7 Å². The summed E-state index contributed by atoms with van der Waals surface area (Å²) in [7, 11) is 0. The van der Waals surface area contributed by atoms with E-state index in [0.717, 1.165) is 17.8 Å². The molecule has 0 aliphatic carbocycles. The Kier molecular flexibility index (Phi) is 4.53. The van der Waals surface area contributed by atoms with Gasteiger partial charge in [0.05, 0.1) is 11.4 Å². The number of aromatic amines is 1. The van der Waals surface area contributed by atoms with Gasteiger partial charge < -0.3 is 4.98 Å². The lowest BCUT2D eigenvalue weighted by Crippen LogP contribution is -2.33. The zero-order chi connectivity index (χ0) is 20.8. The summed E-state index contributed by atoms with van der Waals surface area (Å²) in [6, 6.07) is 13.1. The van der Waals surface area contributed by atoms with Gasteiger partial charge in [-0.2, -0.15) is 10.1 Å². The summed E-state index contributed by atoms with van der Waals surface area (Å²) >= 11 is 0. The number of hydrazone groups is 1. The first-order valence-corrected chi connectivity index (χ1v) is 9.20. The topological polar surface area (TPSA) is 65.5 Å². The molecule has 1 amide bonds. The SMILES string of the molecule is CC1=NN(c2ccc3cc[nH]c3c2)C(=O)C1C(=O)Cc1cccc(C(C)(F)F)c1. The predicted molar refractivity (Wildman–Crippen MR) is 107 cm³/mol.